The molecule has 0 spiro atoms. The average molecular weight is 330 g/mol. The second-order valence-corrected chi connectivity index (χ2v) is 7.97. The lowest BCUT2D eigenvalue weighted by Gasteiger charge is -2.24. The van der Waals surface area contributed by atoms with Crippen LogP contribution in [0, 0.1) is 0 Å². The standard InChI is InChI=1S/C19H26N2O3/c1-18(2,3)11-8-9-20-14(16(11)22)15-17(23)12(19(4,5)6)10-13(21-15)24-7/h8-10,22-23H,1-7H3. The van der Waals surface area contributed by atoms with Gasteiger partial charge in [0.05, 0.1) is 7.11 Å². The quantitative estimate of drug-likeness (QED) is 0.865. The van der Waals surface area contributed by atoms with Crippen LogP contribution >= 0.6 is 0 Å². The first-order valence-corrected chi connectivity index (χ1v) is 7.94. The predicted molar refractivity (Wildman–Crippen MR) is 94.7 cm³/mol. The van der Waals surface area contributed by atoms with Crippen LogP contribution < -0.4 is 4.74 Å². The highest BCUT2D eigenvalue weighted by molar-refractivity contribution is 5.72. The second kappa shape index (κ2) is 5.96. The number of aromatic hydroxyl groups is 2. The van der Waals surface area contributed by atoms with Crippen molar-refractivity contribution in [1.29, 1.82) is 0 Å². The Morgan fingerprint density at radius 2 is 1.42 bits per heavy atom. The molecule has 130 valence electrons. The van der Waals surface area contributed by atoms with Crippen LogP contribution in [0.1, 0.15) is 52.7 Å². The van der Waals surface area contributed by atoms with Gasteiger partial charge >= 0.3 is 0 Å². The second-order valence-electron chi connectivity index (χ2n) is 7.97. The van der Waals surface area contributed by atoms with Crippen molar-refractivity contribution in [3.05, 3.63) is 29.5 Å². The van der Waals surface area contributed by atoms with Crippen LogP contribution in [0.2, 0.25) is 0 Å². The number of pyridine rings is 2. The number of methoxy groups -OCH3 is 1. The minimum Gasteiger partial charge on any atom is -0.505 e. The lowest BCUT2D eigenvalue weighted by atomic mass is 9.84. The summed E-state index contributed by atoms with van der Waals surface area (Å²) in [7, 11) is 1.52. The molecule has 5 nitrogen and oxygen atoms in total. The summed E-state index contributed by atoms with van der Waals surface area (Å²) in [5.41, 5.74) is 1.34. The van der Waals surface area contributed by atoms with E-state index >= 15 is 0 Å². The Kier molecular flexibility index (Phi) is 4.48. The van der Waals surface area contributed by atoms with Crippen LogP contribution in [0.25, 0.3) is 11.4 Å². The monoisotopic (exact) mass is 330 g/mol. The molecule has 0 saturated carbocycles. The molecule has 24 heavy (non-hydrogen) atoms. The first-order chi connectivity index (χ1) is 11.0. The number of hydrogen-bond donors (Lipinski definition) is 2. The molecule has 2 rings (SSSR count). The molecule has 0 bridgehead atoms. The zero-order chi connectivity index (χ0) is 18.3. The van der Waals surface area contributed by atoms with Gasteiger partial charge in [0.15, 0.2) is 0 Å². The maximum absolute atomic E-state index is 10.7. The Morgan fingerprint density at radius 1 is 0.875 bits per heavy atom. The summed E-state index contributed by atoms with van der Waals surface area (Å²) in [6, 6.07) is 3.49. The third kappa shape index (κ3) is 3.30. The Morgan fingerprint density at radius 3 is 1.92 bits per heavy atom. The van der Waals surface area contributed by atoms with Crippen LogP contribution in [0.15, 0.2) is 18.3 Å². The van der Waals surface area contributed by atoms with Crippen molar-refractivity contribution in [2.45, 2.75) is 52.4 Å². The van der Waals surface area contributed by atoms with Crippen molar-refractivity contribution in [1.82, 2.24) is 9.97 Å². The van der Waals surface area contributed by atoms with Gasteiger partial charge in [-0.05, 0) is 16.9 Å². The fourth-order valence-corrected chi connectivity index (χ4v) is 2.59. The van der Waals surface area contributed by atoms with E-state index in [9.17, 15) is 10.2 Å². The molecular weight excluding hydrogens is 304 g/mol. The van der Waals surface area contributed by atoms with Crippen LogP contribution in [0.3, 0.4) is 0 Å². The molecule has 2 N–H and O–H groups in total. The van der Waals surface area contributed by atoms with E-state index in [1.54, 1.807) is 18.3 Å². The fraction of sp³-hybridized carbons (Fsp3) is 0.474. The van der Waals surface area contributed by atoms with Gasteiger partial charge in [-0.15, -0.1) is 0 Å². The summed E-state index contributed by atoms with van der Waals surface area (Å²) >= 11 is 0. The van der Waals surface area contributed by atoms with E-state index in [-0.39, 0.29) is 33.7 Å². The molecule has 0 unspecified atom stereocenters. The predicted octanol–water partition coefficient (Wildman–Crippen LogP) is 4.16. The Labute approximate surface area is 143 Å². The summed E-state index contributed by atoms with van der Waals surface area (Å²) in [5.74, 6) is 0.410. The minimum absolute atomic E-state index is 0.0113. The van der Waals surface area contributed by atoms with Gasteiger partial charge in [0.25, 0.3) is 0 Å². The molecule has 0 aromatic carbocycles. The van der Waals surface area contributed by atoms with Crippen LogP contribution in [0.5, 0.6) is 17.4 Å². The van der Waals surface area contributed by atoms with Gasteiger partial charge in [-0.25, -0.2) is 4.98 Å². The molecule has 0 aliphatic rings. The summed E-state index contributed by atoms with van der Waals surface area (Å²) in [6.45, 7) is 12.0. The van der Waals surface area contributed by atoms with E-state index in [1.165, 1.54) is 7.11 Å². The summed E-state index contributed by atoms with van der Waals surface area (Å²) in [6.07, 6.45) is 1.62. The van der Waals surface area contributed by atoms with Gasteiger partial charge in [0, 0.05) is 23.4 Å². The zero-order valence-corrected chi connectivity index (χ0v) is 15.4. The van der Waals surface area contributed by atoms with E-state index in [0.717, 1.165) is 5.56 Å². The van der Waals surface area contributed by atoms with Crippen LogP contribution in [0.4, 0.5) is 0 Å². The first kappa shape index (κ1) is 18.0. The van der Waals surface area contributed by atoms with Gasteiger partial charge in [0.1, 0.15) is 22.9 Å². The smallest absolute Gasteiger partial charge is 0.214 e. The molecular formula is C19H26N2O3. The van der Waals surface area contributed by atoms with E-state index in [2.05, 4.69) is 9.97 Å². The fourth-order valence-electron chi connectivity index (χ4n) is 2.59. The zero-order valence-electron chi connectivity index (χ0n) is 15.4. The molecule has 0 fully saturated rings. The number of ether oxygens (including phenoxy) is 1. The van der Waals surface area contributed by atoms with E-state index < -0.39 is 0 Å². The van der Waals surface area contributed by atoms with Gasteiger partial charge in [-0.2, -0.15) is 0 Å². The van der Waals surface area contributed by atoms with E-state index in [0.29, 0.717) is 11.4 Å². The maximum atomic E-state index is 10.7. The molecule has 0 amide bonds. The van der Waals surface area contributed by atoms with Crippen molar-refractivity contribution in [2.75, 3.05) is 7.11 Å². The van der Waals surface area contributed by atoms with Crippen LogP contribution in [-0.4, -0.2) is 27.3 Å². The largest absolute Gasteiger partial charge is 0.505 e. The molecule has 0 atom stereocenters. The summed E-state index contributed by atoms with van der Waals surface area (Å²) in [4.78, 5) is 8.58. The van der Waals surface area contributed by atoms with Gasteiger partial charge in [-0.3, -0.25) is 4.98 Å². The molecule has 2 aromatic rings. The van der Waals surface area contributed by atoms with Crippen molar-refractivity contribution in [3.63, 3.8) is 0 Å². The van der Waals surface area contributed by atoms with Gasteiger partial charge in [0.2, 0.25) is 5.88 Å². The highest BCUT2D eigenvalue weighted by Gasteiger charge is 2.27. The molecule has 0 saturated heterocycles. The Hall–Kier alpha value is -2.30. The van der Waals surface area contributed by atoms with Crippen molar-refractivity contribution >= 4 is 0 Å². The number of hydrogen-bond acceptors (Lipinski definition) is 5. The molecule has 5 heteroatoms. The molecule has 2 aromatic heterocycles. The van der Waals surface area contributed by atoms with E-state index in [1.807, 2.05) is 41.5 Å². The molecule has 0 aliphatic carbocycles. The third-order valence-electron chi connectivity index (χ3n) is 3.94. The van der Waals surface area contributed by atoms with E-state index in [4.69, 9.17) is 4.74 Å². The van der Waals surface area contributed by atoms with Crippen molar-refractivity contribution < 1.29 is 14.9 Å². The van der Waals surface area contributed by atoms with Crippen molar-refractivity contribution in [2.24, 2.45) is 0 Å². The topological polar surface area (TPSA) is 75.5 Å². The SMILES string of the molecule is COc1cc(C(C)(C)C)c(O)c(-c2nccc(C(C)(C)C)c2O)n1. The van der Waals surface area contributed by atoms with Crippen LogP contribution in [-0.2, 0) is 10.8 Å². The van der Waals surface area contributed by atoms with Crippen molar-refractivity contribution in [3.8, 4) is 28.8 Å². The Bertz CT molecular complexity index is 756. The highest BCUT2D eigenvalue weighted by Crippen LogP contribution is 2.43. The molecule has 0 radical (unpaired) electrons. The Balaban J connectivity index is 2.79. The van der Waals surface area contributed by atoms with Gasteiger partial charge in [-0.1, -0.05) is 41.5 Å². The lowest BCUT2D eigenvalue weighted by Crippen LogP contribution is -2.14. The normalized spacial score (nSPS) is 12.3. The summed E-state index contributed by atoms with van der Waals surface area (Å²) in [5, 5.41) is 21.5. The number of rotatable bonds is 2. The minimum atomic E-state index is -0.313. The first-order valence-electron chi connectivity index (χ1n) is 7.94. The molecule has 2 heterocycles. The average Bonchev–Trinajstić information content (AvgIpc) is 2.45. The summed E-state index contributed by atoms with van der Waals surface area (Å²) < 4.78 is 5.27. The molecule has 0 aliphatic heterocycles. The third-order valence-corrected chi connectivity index (χ3v) is 3.94. The highest BCUT2D eigenvalue weighted by atomic mass is 16.5. The lowest BCUT2D eigenvalue weighted by molar-refractivity contribution is 0.388. The number of nitrogens with zero attached hydrogens (tertiary/aromatic N) is 2. The van der Waals surface area contributed by atoms with Gasteiger partial charge < -0.3 is 14.9 Å². The number of aromatic nitrogens is 2. The maximum Gasteiger partial charge on any atom is 0.214 e.